The summed E-state index contributed by atoms with van der Waals surface area (Å²) in [6.45, 7) is -0.132. The van der Waals surface area contributed by atoms with E-state index in [4.69, 9.17) is 34.0 Å². The number of nitrogens with one attached hydrogen (secondary N) is 6. The monoisotopic (exact) mass is 896 g/mol. The highest BCUT2D eigenvalue weighted by Crippen LogP contribution is 2.42. The van der Waals surface area contributed by atoms with Crippen LogP contribution in [0, 0.1) is 0 Å². The lowest BCUT2D eigenvalue weighted by Gasteiger charge is -2.20. The van der Waals surface area contributed by atoms with E-state index < -0.39 is 66.2 Å². The fraction of sp³-hybridized carbons (Fsp3) is 0.282. The van der Waals surface area contributed by atoms with Gasteiger partial charge in [0.05, 0.1) is 5.56 Å². The molecule has 0 saturated heterocycles. The van der Waals surface area contributed by atoms with Gasteiger partial charge >= 0.3 is 29.8 Å². The molecule has 0 radical (unpaired) electrons. The van der Waals surface area contributed by atoms with Gasteiger partial charge in [0, 0.05) is 66.7 Å². The molecule has 1 heterocycles. The lowest BCUT2D eigenvalue weighted by molar-refractivity contribution is -0.141. The minimum absolute atomic E-state index is 0.0648. The van der Waals surface area contributed by atoms with Crippen LogP contribution in [0.25, 0.3) is 33.4 Å². The number of carboxylic acid groups (broad SMARTS) is 5. The van der Waals surface area contributed by atoms with Crippen molar-refractivity contribution >= 4 is 93.0 Å². The first kappa shape index (κ1) is 47.3. The highest BCUT2D eigenvalue weighted by molar-refractivity contribution is 7.80. The smallest absolute Gasteiger partial charge is 0.336 e. The fourth-order valence-corrected chi connectivity index (χ4v) is 6.57. The third kappa shape index (κ3) is 13.6. The van der Waals surface area contributed by atoms with Crippen LogP contribution in [0.3, 0.4) is 0 Å². The van der Waals surface area contributed by atoms with Gasteiger partial charge in [0.2, 0.25) is 11.8 Å². The second-order valence-electron chi connectivity index (χ2n) is 13.5. The van der Waals surface area contributed by atoms with Gasteiger partial charge in [-0.05, 0) is 85.7 Å². The van der Waals surface area contributed by atoms with Gasteiger partial charge in [-0.3, -0.25) is 19.2 Å². The van der Waals surface area contributed by atoms with Crippen molar-refractivity contribution in [2.45, 2.75) is 56.7 Å². The van der Waals surface area contributed by atoms with Gasteiger partial charge in [-0.15, -0.1) is 0 Å². The molecule has 328 valence electrons. The van der Waals surface area contributed by atoms with Crippen LogP contribution in [-0.4, -0.2) is 114 Å². The number of aromatic carboxylic acids is 1. The number of carboxylic acids is 5. The van der Waals surface area contributed by atoms with Crippen molar-refractivity contribution in [3.63, 3.8) is 0 Å². The van der Waals surface area contributed by atoms with Crippen LogP contribution in [0.2, 0.25) is 0 Å². The first-order valence-electron chi connectivity index (χ1n) is 18.5. The minimum atomic E-state index is -1.40. The van der Waals surface area contributed by atoms with E-state index in [1.54, 1.807) is 6.07 Å². The molecule has 0 aromatic heterocycles. The molecule has 3 atom stereocenters. The summed E-state index contributed by atoms with van der Waals surface area (Å²) in [5.74, 6) is -7.81. The van der Waals surface area contributed by atoms with Crippen LogP contribution in [0.1, 0.15) is 48.9 Å². The molecule has 62 heavy (non-hydrogen) atoms. The maximum atomic E-state index is 12.6. The van der Waals surface area contributed by atoms with E-state index in [0.717, 1.165) is 0 Å². The topological polar surface area (TPSA) is 343 Å². The third-order valence-corrected chi connectivity index (χ3v) is 9.46. The number of hydrogen-bond donors (Lipinski definition) is 12. The average molecular weight is 897 g/mol. The molecule has 4 rings (SSSR count). The van der Waals surface area contributed by atoms with Gasteiger partial charge in [0.25, 0.3) is 0 Å². The summed E-state index contributed by atoms with van der Waals surface area (Å²) in [6.07, 6.45) is -1.90. The quantitative estimate of drug-likeness (QED) is 0.0322. The van der Waals surface area contributed by atoms with Crippen molar-refractivity contribution in [3.05, 3.63) is 70.4 Å². The summed E-state index contributed by atoms with van der Waals surface area (Å²) in [5.41, 5.74) is 0.926. The first-order valence-corrected chi connectivity index (χ1v) is 19.3. The van der Waals surface area contributed by atoms with Crippen LogP contribution in [0.15, 0.2) is 63.8 Å². The Labute approximate surface area is 360 Å². The van der Waals surface area contributed by atoms with E-state index in [1.165, 1.54) is 48.5 Å². The Kier molecular flexibility index (Phi) is 16.6. The lowest BCUT2D eigenvalue weighted by Crippen LogP contribution is -2.51. The number of carbonyl (C=O) groups is 7. The third-order valence-electron chi connectivity index (χ3n) is 9.00. The summed E-state index contributed by atoms with van der Waals surface area (Å²) >= 11 is 10.3. The zero-order chi connectivity index (χ0) is 45.7. The number of benzene rings is 3. The molecule has 0 saturated carbocycles. The highest BCUT2D eigenvalue weighted by Gasteiger charge is 2.26. The maximum Gasteiger partial charge on any atom is 0.336 e. The van der Waals surface area contributed by atoms with E-state index >= 15 is 0 Å². The lowest BCUT2D eigenvalue weighted by atomic mass is 9.90. The summed E-state index contributed by atoms with van der Waals surface area (Å²) in [7, 11) is 0. The standard InChI is InChI=1S/C39H40N6O15S2/c46-19-2-5-22-28(16-19)60-29-17-20(47)3-6-23(29)33(22)21-4-1-18(15-24(21)34(52)53)42-38(61)43-25(35(54)55)7-10-30(48)40-13-14-41-31(49)11-8-26(36(56)57)44-39(62)45-27(37(58)59)9-12-32(50)51/h1-6,15-17,25-27,46H,7-14H2,(H,40,48)(H,41,49)(H,50,51)(H,52,53)(H,54,55)(H,56,57)(H,58,59)(H2,42,43,61)(H2,44,45,62). The summed E-state index contributed by atoms with van der Waals surface area (Å²) in [6, 6.07) is 8.46. The Hall–Kier alpha value is -7.40. The molecule has 1 aliphatic carbocycles. The molecule has 2 aromatic carbocycles. The van der Waals surface area contributed by atoms with Crippen LogP contribution in [0.5, 0.6) is 5.75 Å². The number of phenolic OH excluding ortho intramolecular Hbond substituents is 1. The summed E-state index contributed by atoms with van der Waals surface area (Å²) in [4.78, 5) is 95.3. The van der Waals surface area contributed by atoms with Crippen molar-refractivity contribution in [1.29, 1.82) is 0 Å². The molecule has 23 heteroatoms. The molecule has 12 N–H and O–H groups in total. The van der Waals surface area contributed by atoms with Gasteiger partial charge in [0.15, 0.2) is 15.7 Å². The second kappa shape index (κ2) is 21.7. The van der Waals surface area contributed by atoms with Crippen LogP contribution < -0.4 is 37.3 Å². The number of carbonyl (C=O) groups excluding carboxylic acids is 2. The number of anilines is 1. The van der Waals surface area contributed by atoms with Crippen molar-refractivity contribution in [2.24, 2.45) is 0 Å². The number of hydrogen-bond acceptors (Lipinski definition) is 12. The van der Waals surface area contributed by atoms with E-state index in [9.17, 15) is 63.9 Å². The Morgan fingerprint density at radius 1 is 0.629 bits per heavy atom. The molecule has 2 aromatic rings. The number of rotatable bonds is 21. The zero-order valence-corrected chi connectivity index (χ0v) is 33.9. The molecule has 1 aliphatic heterocycles. The predicted octanol–water partition coefficient (Wildman–Crippen LogP) is 1.74. The molecule has 0 spiro atoms. The highest BCUT2D eigenvalue weighted by atomic mass is 32.1. The van der Waals surface area contributed by atoms with E-state index in [0.29, 0.717) is 16.5 Å². The van der Waals surface area contributed by atoms with E-state index in [-0.39, 0.29) is 94.8 Å². The summed E-state index contributed by atoms with van der Waals surface area (Å²) < 4.78 is 5.85. The molecule has 0 bridgehead atoms. The molecule has 2 amide bonds. The molecule has 21 nitrogen and oxygen atoms in total. The Morgan fingerprint density at radius 2 is 1.16 bits per heavy atom. The zero-order valence-electron chi connectivity index (χ0n) is 32.3. The second-order valence-corrected chi connectivity index (χ2v) is 14.3. The maximum absolute atomic E-state index is 12.6. The first-order chi connectivity index (χ1) is 29.3. The Bertz CT molecular complexity index is 2440. The van der Waals surface area contributed by atoms with Crippen LogP contribution >= 0.6 is 24.4 Å². The van der Waals surface area contributed by atoms with Gasteiger partial charge in [-0.25, -0.2) is 19.2 Å². The van der Waals surface area contributed by atoms with Crippen LogP contribution in [0.4, 0.5) is 5.69 Å². The number of aliphatic carboxylic acids is 4. The van der Waals surface area contributed by atoms with Gasteiger partial charge in [-0.1, -0.05) is 6.07 Å². The Balaban J connectivity index is 1.27. The van der Waals surface area contributed by atoms with Crippen molar-refractivity contribution in [1.82, 2.24) is 26.6 Å². The number of amides is 2. The number of fused-ring (bicyclic) bond motifs is 2. The molecule has 2 aliphatic rings. The van der Waals surface area contributed by atoms with Gasteiger partial charge in [0.1, 0.15) is 35.2 Å². The van der Waals surface area contributed by atoms with Crippen molar-refractivity contribution < 1.29 is 68.6 Å². The SMILES string of the molecule is O=C(O)CCC(NC(=S)NC(CCC(=O)NCCNC(=O)CCC(NC(=S)Nc1ccc(-c2c3ccc(=O)cc-3oc3cc(O)ccc23)c(C(=O)O)c1)C(=O)O)C(=O)O)C(=O)O. The fourth-order valence-electron chi connectivity index (χ4n) is 6.02. The normalized spacial score (nSPS) is 12.3. The molecule has 0 fully saturated rings. The number of thiocarbonyl (C=S) groups is 2. The number of phenols is 1. The van der Waals surface area contributed by atoms with Gasteiger partial charge < -0.3 is 67.0 Å². The Morgan fingerprint density at radius 3 is 1.69 bits per heavy atom. The van der Waals surface area contributed by atoms with E-state index in [2.05, 4.69) is 31.9 Å². The van der Waals surface area contributed by atoms with Gasteiger partial charge in [-0.2, -0.15) is 0 Å². The van der Waals surface area contributed by atoms with Crippen molar-refractivity contribution in [2.75, 3.05) is 18.4 Å². The summed E-state index contributed by atoms with van der Waals surface area (Å²) in [5, 5.41) is 72.6. The number of aromatic hydroxyl groups is 1. The average Bonchev–Trinajstić information content (AvgIpc) is 3.19. The van der Waals surface area contributed by atoms with E-state index in [1.807, 2.05) is 0 Å². The van der Waals surface area contributed by atoms with Crippen molar-refractivity contribution in [3.8, 4) is 28.2 Å². The molecular formula is C39H40N6O15S2. The van der Waals surface area contributed by atoms with Crippen LogP contribution in [-0.2, 0) is 28.8 Å². The minimum Gasteiger partial charge on any atom is -0.508 e. The molecular weight excluding hydrogens is 857 g/mol. The predicted molar refractivity (Wildman–Crippen MR) is 227 cm³/mol. The largest absolute Gasteiger partial charge is 0.508 e. The molecule has 3 unspecified atom stereocenters.